The molecule has 0 spiro atoms. The van der Waals surface area contributed by atoms with Gasteiger partial charge in [0.15, 0.2) is 11.6 Å². The Morgan fingerprint density at radius 1 is 1.13 bits per heavy atom. The summed E-state index contributed by atoms with van der Waals surface area (Å²) in [6.07, 6.45) is 3.15. The highest BCUT2D eigenvalue weighted by Gasteiger charge is 2.15. The first-order chi connectivity index (χ1) is 11.3. The van der Waals surface area contributed by atoms with Gasteiger partial charge < -0.3 is 20.4 Å². The van der Waals surface area contributed by atoms with Gasteiger partial charge in [0.25, 0.3) is 0 Å². The molecule has 0 radical (unpaired) electrons. The summed E-state index contributed by atoms with van der Waals surface area (Å²) in [6, 6.07) is 13.8. The molecule has 0 atom stereocenters. The Kier molecular flexibility index (Phi) is 4.42. The minimum atomic E-state index is 0.518. The van der Waals surface area contributed by atoms with E-state index in [1.807, 2.05) is 42.5 Å². The maximum atomic E-state index is 6.28. The van der Waals surface area contributed by atoms with Crippen LogP contribution in [0.25, 0.3) is 0 Å². The maximum absolute atomic E-state index is 6.28. The lowest BCUT2D eigenvalue weighted by molar-refractivity contribution is 0.518. The second-order valence-corrected chi connectivity index (χ2v) is 4.97. The lowest BCUT2D eigenvalue weighted by Gasteiger charge is -2.24. The Morgan fingerprint density at radius 3 is 2.65 bits per heavy atom. The molecule has 118 valence electrons. The Bertz CT molecular complexity index is 743. The topological polar surface area (TPSA) is 80.2 Å². The molecule has 23 heavy (non-hydrogen) atoms. The smallest absolute Gasteiger partial charge is 0.161 e. The van der Waals surface area contributed by atoms with Gasteiger partial charge in [-0.1, -0.05) is 18.2 Å². The second kappa shape index (κ2) is 6.83. The third-order valence-corrected chi connectivity index (χ3v) is 3.51. The zero-order valence-electron chi connectivity index (χ0n) is 12.9. The molecule has 0 aliphatic heterocycles. The molecule has 2 heterocycles. The first-order valence-corrected chi connectivity index (χ1v) is 7.49. The van der Waals surface area contributed by atoms with E-state index in [0.717, 1.165) is 18.0 Å². The number of hydrogen-bond acceptors (Lipinski definition) is 6. The van der Waals surface area contributed by atoms with Crippen molar-refractivity contribution in [2.75, 3.05) is 22.5 Å². The van der Waals surface area contributed by atoms with Crippen LogP contribution < -0.4 is 16.0 Å². The predicted molar refractivity (Wildman–Crippen MR) is 91.6 cm³/mol. The van der Waals surface area contributed by atoms with Gasteiger partial charge in [-0.05, 0) is 31.2 Å². The van der Waals surface area contributed by atoms with Crippen LogP contribution >= 0.6 is 0 Å². The van der Waals surface area contributed by atoms with E-state index in [2.05, 4.69) is 27.1 Å². The third-order valence-electron chi connectivity index (χ3n) is 3.51. The number of benzene rings is 1. The van der Waals surface area contributed by atoms with E-state index >= 15 is 0 Å². The lowest BCUT2D eigenvalue weighted by Crippen LogP contribution is -2.20. The van der Waals surface area contributed by atoms with Crippen molar-refractivity contribution in [1.82, 2.24) is 9.97 Å². The van der Waals surface area contributed by atoms with E-state index < -0.39 is 0 Å². The molecule has 0 saturated carbocycles. The van der Waals surface area contributed by atoms with E-state index in [1.54, 1.807) is 6.26 Å². The van der Waals surface area contributed by atoms with Gasteiger partial charge >= 0.3 is 0 Å². The molecule has 6 heteroatoms. The number of rotatable bonds is 6. The summed E-state index contributed by atoms with van der Waals surface area (Å²) in [5.41, 5.74) is 7.83. The fraction of sp³-hybridized carbons (Fsp3) is 0.176. The van der Waals surface area contributed by atoms with Crippen molar-refractivity contribution in [3.8, 4) is 0 Å². The first kappa shape index (κ1) is 14.9. The van der Waals surface area contributed by atoms with Gasteiger partial charge in [-0.15, -0.1) is 0 Å². The van der Waals surface area contributed by atoms with Crippen LogP contribution in [0.5, 0.6) is 0 Å². The summed E-state index contributed by atoms with van der Waals surface area (Å²) in [5, 5.41) is 3.19. The van der Waals surface area contributed by atoms with Crippen LogP contribution in [0, 0.1) is 0 Å². The lowest BCUT2D eigenvalue weighted by atomic mass is 10.2. The van der Waals surface area contributed by atoms with Crippen molar-refractivity contribution in [1.29, 1.82) is 0 Å². The molecule has 0 fully saturated rings. The van der Waals surface area contributed by atoms with Crippen molar-refractivity contribution < 1.29 is 4.42 Å². The van der Waals surface area contributed by atoms with Crippen molar-refractivity contribution in [2.24, 2.45) is 0 Å². The fourth-order valence-corrected chi connectivity index (χ4v) is 2.39. The third kappa shape index (κ3) is 3.26. The molecule has 0 aliphatic carbocycles. The summed E-state index contributed by atoms with van der Waals surface area (Å²) in [4.78, 5) is 10.6. The van der Waals surface area contributed by atoms with E-state index in [4.69, 9.17) is 10.2 Å². The molecule has 0 bridgehead atoms. The fourth-order valence-electron chi connectivity index (χ4n) is 2.39. The van der Waals surface area contributed by atoms with E-state index in [0.29, 0.717) is 23.9 Å². The highest BCUT2D eigenvalue weighted by Crippen LogP contribution is 2.31. The second-order valence-electron chi connectivity index (χ2n) is 4.97. The normalized spacial score (nSPS) is 10.5. The number of nitrogens with one attached hydrogen (secondary N) is 1. The maximum Gasteiger partial charge on any atom is 0.161 e. The summed E-state index contributed by atoms with van der Waals surface area (Å²) in [7, 11) is 0. The molecular weight excluding hydrogens is 290 g/mol. The van der Waals surface area contributed by atoms with Crippen LogP contribution in [0.2, 0.25) is 0 Å². The average Bonchev–Trinajstić information content (AvgIpc) is 3.10. The molecule has 3 N–H and O–H groups in total. The molecular formula is C17H19N5O. The predicted octanol–water partition coefficient (Wildman–Crippen LogP) is 3.42. The zero-order chi connectivity index (χ0) is 16.1. The summed E-state index contributed by atoms with van der Waals surface area (Å²) in [6.45, 7) is 3.33. The molecule has 2 aromatic heterocycles. The molecule has 1 aromatic carbocycles. The molecule has 3 rings (SSSR count). The molecule has 0 aliphatic rings. The van der Waals surface area contributed by atoms with Crippen molar-refractivity contribution in [3.63, 3.8) is 0 Å². The molecule has 0 saturated heterocycles. The number of aromatic nitrogens is 2. The molecule has 0 amide bonds. The van der Waals surface area contributed by atoms with E-state index in [-0.39, 0.29) is 0 Å². The quantitative estimate of drug-likeness (QED) is 0.726. The highest BCUT2D eigenvalue weighted by atomic mass is 16.3. The van der Waals surface area contributed by atoms with Crippen LogP contribution in [-0.2, 0) is 6.54 Å². The van der Waals surface area contributed by atoms with Crippen molar-refractivity contribution >= 4 is 23.0 Å². The summed E-state index contributed by atoms with van der Waals surface area (Å²) in [5.74, 6) is 2.11. The van der Waals surface area contributed by atoms with Gasteiger partial charge in [-0.3, -0.25) is 0 Å². The zero-order valence-corrected chi connectivity index (χ0v) is 12.9. The molecule has 6 nitrogen and oxygen atoms in total. The minimum absolute atomic E-state index is 0.518. The highest BCUT2D eigenvalue weighted by molar-refractivity contribution is 5.79. The Balaban J connectivity index is 1.86. The summed E-state index contributed by atoms with van der Waals surface area (Å²) >= 11 is 0. The number of hydrogen-bond donors (Lipinski definition) is 2. The van der Waals surface area contributed by atoms with Crippen molar-refractivity contribution in [2.45, 2.75) is 13.5 Å². The van der Waals surface area contributed by atoms with Crippen LogP contribution in [0.3, 0.4) is 0 Å². The average molecular weight is 309 g/mol. The van der Waals surface area contributed by atoms with Crippen LogP contribution in [-0.4, -0.2) is 16.5 Å². The summed E-state index contributed by atoms with van der Waals surface area (Å²) < 4.78 is 5.31. The van der Waals surface area contributed by atoms with Gasteiger partial charge in [0.05, 0.1) is 12.8 Å². The molecule has 3 aromatic rings. The Hall–Kier alpha value is -3.02. The van der Waals surface area contributed by atoms with Crippen molar-refractivity contribution in [3.05, 3.63) is 60.8 Å². The SMILES string of the molecule is CCN(c1ccccc1)c1ncnc(NCc2ccco2)c1N. The number of nitrogens with zero attached hydrogens (tertiary/aromatic N) is 3. The largest absolute Gasteiger partial charge is 0.467 e. The van der Waals surface area contributed by atoms with Gasteiger partial charge in [-0.25, -0.2) is 9.97 Å². The van der Waals surface area contributed by atoms with Crippen LogP contribution in [0.15, 0.2) is 59.5 Å². The van der Waals surface area contributed by atoms with Gasteiger partial charge in [0, 0.05) is 12.2 Å². The van der Waals surface area contributed by atoms with Crippen LogP contribution in [0.4, 0.5) is 23.0 Å². The number of anilines is 4. The first-order valence-electron chi connectivity index (χ1n) is 7.49. The number of furan rings is 1. The van der Waals surface area contributed by atoms with Gasteiger partial charge in [0.2, 0.25) is 0 Å². The number of nitrogens with two attached hydrogens (primary N) is 1. The monoisotopic (exact) mass is 309 g/mol. The Labute approximate surface area is 135 Å². The van der Waals surface area contributed by atoms with Gasteiger partial charge in [-0.2, -0.15) is 0 Å². The number of nitrogen functional groups attached to an aromatic ring is 1. The van der Waals surface area contributed by atoms with E-state index in [9.17, 15) is 0 Å². The molecule has 0 unspecified atom stereocenters. The standard InChI is InChI=1S/C17H19N5O/c1-2-22(13-7-4-3-5-8-13)17-15(18)16(20-12-21-17)19-11-14-9-6-10-23-14/h3-10,12H,2,11,18H2,1H3,(H,19,20,21). The number of para-hydroxylation sites is 1. The van der Waals surface area contributed by atoms with Gasteiger partial charge in [0.1, 0.15) is 17.8 Å². The van der Waals surface area contributed by atoms with E-state index in [1.165, 1.54) is 6.33 Å². The van der Waals surface area contributed by atoms with Crippen LogP contribution in [0.1, 0.15) is 12.7 Å². The Morgan fingerprint density at radius 2 is 1.96 bits per heavy atom. The minimum Gasteiger partial charge on any atom is -0.467 e.